The van der Waals surface area contributed by atoms with Crippen molar-refractivity contribution in [1.82, 2.24) is 9.55 Å². The third-order valence-electron chi connectivity index (χ3n) is 5.66. The number of fused-ring (bicyclic) bond motifs is 3. The molecule has 0 radical (unpaired) electrons. The molecular weight excluding hydrogens is 312 g/mol. The van der Waals surface area contributed by atoms with Crippen molar-refractivity contribution >= 4 is 5.97 Å². The van der Waals surface area contributed by atoms with Crippen molar-refractivity contribution < 1.29 is 9.53 Å². The number of carbonyl (C=O) groups excluding carboxylic acids is 1. The predicted molar refractivity (Wildman–Crippen MR) is 97.1 cm³/mol. The highest BCUT2D eigenvalue weighted by Crippen LogP contribution is 2.43. The van der Waals surface area contributed by atoms with Crippen LogP contribution in [0.3, 0.4) is 0 Å². The Morgan fingerprint density at radius 3 is 2.92 bits per heavy atom. The average Bonchev–Trinajstić information content (AvgIpc) is 3.24. The largest absolute Gasteiger partial charge is 0.459 e. The maximum absolute atomic E-state index is 11.9. The van der Waals surface area contributed by atoms with Crippen molar-refractivity contribution in [2.45, 2.75) is 50.7 Å². The molecule has 0 bridgehead atoms. The molecule has 1 aliphatic heterocycles. The molecule has 0 amide bonds. The lowest BCUT2D eigenvalue weighted by Crippen LogP contribution is -2.30. The zero-order valence-corrected chi connectivity index (χ0v) is 14.4. The van der Waals surface area contributed by atoms with Gasteiger partial charge >= 0.3 is 5.97 Å². The average molecular weight is 336 g/mol. The molecular formula is C21H24N2O2. The van der Waals surface area contributed by atoms with E-state index in [1.807, 2.05) is 12.5 Å². The first-order valence-electron chi connectivity index (χ1n) is 9.22. The van der Waals surface area contributed by atoms with Crippen molar-refractivity contribution in [2.75, 3.05) is 0 Å². The molecule has 2 unspecified atom stereocenters. The van der Waals surface area contributed by atoms with Gasteiger partial charge in [-0.15, -0.1) is 0 Å². The van der Waals surface area contributed by atoms with Gasteiger partial charge in [0, 0.05) is 18.1 Å². The Hall–Kier alpha value is -2.36. The van der Waals surface area contributed by atoms with E-state index in [1.165, 1.54) is 36.5 Å². The first-order chi connectivity index (χ1) is 12.3. The fourth-order valence-electron chi connectivity index (χ4n) is 4.43. The van der Waals surface area contributed by atoms with Gasteiger partial charge in [0.15, 0.2) is 0 Å². The third-order valence-corrected chi connectivity index (χ3v) is 5.66. The van der Waals surface area contributed by atoms with E-state index in [2.05, 4.69) is 40.4 Å². The number of rotatable bonds is 5. The molecule has 1 aromatic carbocycles. The summed E-state index contributed by atoms with van der Waals surface area (Å²) in [5.41, 5.74) is 3.69. The monoisotopic (exact) mass is 336 g/mol. The van der Waals surface area contributed by atoms with Crippen LogP contribution < -0.4 is 0 Å². The maximum Gasteiger partial charge on any atom is 0.330 e. The van der Waals surface area contributed by atoms with Crippen LogP contribution in [-0.2, 0) is 9.53 Å². The summed E-state index contributed by atoms with van der Waals surface area (Å²) >= 11 is 0. The van der Waals surface area contributed by atoms with Crippen molar-refractivity contribution in [3.8, 4) is 11.3 Å². The second kappa shape index (κ2) is 6.87. The summed E-state index contributed by atoms with van der Waals surface area (Å²) in [6.07, 6.45) is 11.8. The van der Waals surface area contributed by atoms with Crippen LogP contribution in [0, 0.1) is 5.92 Å². The van der Waals surface area contributed by atoms with Crippen LogP contribution >= 0.6 is 0 Å². The van der Waals surface area contributed by atoms with E-state index in [9.17, 15) is 4.79 Å². The van der Waals surface area contributed by atoms with Gasteiger partial charge in [0.05, 0.1) is 24.3 Å². The first kappa shape index (κ1) is 16.1. The molecule has 0 spiro atoms. The number of carbonyl (C=O) groups is 1. The highest BCUT2D eigenvalue weighted by atomic mass is 16.5. The number of ether oxygens (including phenoxy) is 1. The molecule has 2 atom stereocenters. The van der Waals surface area contributed by atoms with Gasteiger partial charge in [-0.25, -0.2) is 9.78 Å². The maximum atomic E-state index is 11.9. The number of aromatic nitrogens is 2. The Balaban J connectivity index is 1.63. The Labute approximate surface area is 148 Å². The summed E-state index contributed by atoms with van der Waals surface area (Å²) in [5.74, 6) is 0.130. The minimum Gasteiger partial charge on any atom is -0.459 e. The number of hydrogen-bond donors (Lipinski definition) is 0. The molecule has 130 valence electrons. The number of imidazole rings is 1. The molecule has 0 saturated heterocycles. The van der Waals surface area contributed by atoms with Crippen LogP contribution in [0.4, 0.5) is 0 Å². The van der Waals surface area contributed by atoms with Gasteiger partial charge in [-0.05, 0) is 24.3 Å². The number of nitrogens with zero attached hydrogens (tertiary/aromatic N) is 2. The normalized spacial score (nSPS) is 20.6. The molecule has 2 aromatic rings. The molecule has 4 nitrogen and oxygen atoms in total. The fraction of sp³-hybridized carbons (Fsp3) is 0.429. The van der Waals surface area contributed by atoms with Crippen molar-refractivity contribution in [3.05, 3.63) is 55.0 Å². The van der Waals surface area contributed by atoms with Crippen molar-refractivity contribution in [1.29, 1.82) is 0 Å². The quantitative estimate of drug-likeness (QED) is 0.595. The van der Waals surface area contributed by atoms with Crippen molar-refractivity contribution in [3.63, 3.8) is 0 Å². The van der Waals surface area contributed by atoms with Crippen LogP contribution in [0.25, 0.3) is 11.3 Å². The Bertz CT molecular complexity index is 774. The van der Waals surface area contributed by atoms with E-state index in [4.69, 9.17) is 4.74 Å². The summed E-state index contributed by atoms with van der Waals surface area (Å²) in [5, 5.41) is 0. The molecule has 1 fully saturated rings. The molecule has 1 aromatic heterocycles. The number of esters is 1. The molecule has 2 heterocycles. The lowest BCUT2D eigenvalue weighted by atomic mass is 9.82. The van der Waals surface area contributed by atoms with Gasteiger partial charge in [0.2, 0.25) is 0 Å². The molecule has 4 heteroatoms. The van der Waals surface area contributed by atoms with E-state index in [0.717, 1.165) is 25.0 Å². The zero-order valence-electron chi connectivity index (χ0n) is 14.4. The molecule has 1 aliphatic carbocycles. The second-order valence-corrected chi connectivity index (χ2v) is 7.10. The lowest BCUT2D eigenvalue weighted by Gasteiger charge is -2.32. The smallest absolute Gasteiger partial charge is 0.330 e. The molecule has 1 saturated carbocycles. The van der Waals surface area contributed by atoms with Gasteiger partial charge < -0.3 is 9.30 Å². The van der Waals surface area contributed by atoms with Crippen LogP contribution in [0.15, 0.2) is 49.4 Å². The van der Waals surface area contributed by atoms with E-state index in [1.54, 1.807) is 0 Å². The van der Waals surface area contributed by atoms with Gasteiger partial charge in [0.25, 0.3) is 0 Å². The fourth-order valence-corrected chi connectivity index (χ4v) is 4.43. The topological polar surface area (TPSA) is 44.1 Å². The SMILES string of the molecule is C=CC(=O)OC(CC1c2ccccc2-c2cncn21)C1CCCCC1. The Kier molecular flexibility index (Phi) is 4.43. The van der Waals surface area contributed by atoms with Gasteiger partial charge in [-0.2, -0.15) is 0 Å². The van der Waals surface area contributed by atoms with Gasteiger partial charge in [-0.1, -0.05) is 50.1 Å². The minimum atomic E-state index is -0.312. The summed E-state index contributed by atoms with van der Waals surface area (Å²) in [6.45, 7) is 3.56. The lowest BCUT2D eigenvalue weighted by molar-refractivity contribution is -0.147. The summed E-state index contributed by atoms with van der Waals surface area (Å²) in [7, 11) is 0. The van der Waals surface area contributed by atoms with Crippen LogP contribution in [0.2, 0.25) is 0 Å². The van der Waals surface area contributed by atoms with E-state index in [-0.39, 0.29) is 18.1 Å². The van der Waals surface area contributed by atoms with Crippen LogP contribution in [0.1, 0.15) is 50.1 Å². The van der Waals surface area contributed by atoms with E-state index in [0.29, 0.717) is 5.92 Å². The molecule has 0 N–H and O–H groups in total. The minimum absolute atomic E-state index is 0.0720. The van der Waals surface area contributed by atoms with Crippen LogP contribution in [-0.4, -0.2) is 21.6 Å². The summed E-state index contributed by atoms with van der Waals surface area (Å²) < 4.78 is 8.04. The third kappa shape index (κ3) is 3.01. The summed E-state index contributed by atoms with van der Waals surface area (Å²) in [6, 6.07) is 8.65. The number of hydrogen-bond acceptors (Lipinski definition) is 3. The highest BCUT2D eigenvalue weighted by molar-refractivity contribution is 5.81. The first-order valence-corrected chi connectivity index (χ1v) is 9.22. The van der Waals surface area contributed by atoms with Crippen molar-refractivity contribution in [2.24, 2.45) is 5.92 Å². The highest BCUT2D eigenvalue weighted by Gasteiger charge is 2.34. The van der Waals surface area contributed by atoms with Gasteiger partial charge in [-0.3, -0.25) is 0 Å². The Morgan fingerprint density at radius 1 is 1.32 bits per heavy atom. The standard InChI is InChI=1S/C21H24N2O2/c1-2-21(24)25-20(15-8-4-3-5-9-15)12-18-16-10-6-7-11-17(16)19-13-22-14-23(18)19/h2,6-7,10-11,13-15,18,20H,1,3-5,8-9,12H2. The number of benzene rings is 1. The molecule has 2 aliphatic rings. The van der Waals surface area contributed by atoms with E-state index >= 15 is 0 Å². The second-order valence-electron chi connectivity index (χ2n) is 7.10. The molecule has 4 rings (SSSR count). The Morgan fingerprint density at radius 2 is 2.12 bits per heavy atom. The summed E-state index contributed by atoms with van der Waals surface area (Å²) in [4.78, 5) is 16.2. The van der Waals surface area contributed by atoms with Crippen LogP contribution in [0.5, 0.6) is 0 Å². The van der Waals surface area contributed by atoms with Gasteiger partial charge in [0.1, 0.15) is 6.10 Å². The zero-order chi connectivity index (χ0) is 17.2. The molecule has 25 heavy (non-hydrogen) atoms. The van der Waals surface area contributed by atoms with E-state index < -0.39 is 0 Å². The predicted octanol–water partition coefficient (Wildman–Crippen LogP) is 4.52.